The van der Waals surface area contributed by atoms with Crippen molar-refractivity contribution < 1.29 is 26.7 Å². The maximum Gasteiger partial charge on any atom is 0.471 e. The highest BCUT2D eigenvalue weighted by Gasteiger charge is 2.38. The average Bonchev–Trinajstić information content (AvgIpc) is 3.44. The lowest BCUT2D eigenvalue weighted by Gasteiger charge is -2.03. The van der Waals surface area contributed by atoms with Crippen LogP contribution >= 0.6 is 0 Å². The van der Waals surface area contributed by atoms with E-state index in [1.807, 2.05) is 0 Å². The molecule has 2 heterocycles. The number of hydrogen-bond donors (Lipinski definition) is 0. The first-order valence-corrected chi connectivity index (χ1v) is 10.9. The molecule has 0 aliphatic rings. The van der Waals surface area contributed by atoms with E-state index >= 15 is 0 Å². The van der Waals surface area contributed by atoms with Crippen LogP contribution in [0.1, 0.15) is 16.2 Å². The zero-order valence-corrected chi connectivity index (χ0v) is 17.2. The third kappa shape index (κ3) is 4.44. The van der Waals surface area contributed by atoms with Crippen molar-refractivity contribution in [1.82, 2.24) is 19.9 Å². The van der Waals surface area contributed by atoms with Gasteiger partial charge in [-0.05, 0) is 36.4 Å². The molecule has 1 unspecified atom stereocenters. The van der Waals surface area contributed by atoms with Gasteiger partial charge in [0.25, 0.3) is 5.91 Å². The van der Waals surface area contributed by atoms with Gasteiger partial charge in [-0.1, -0.05) is 23.4 Å². The van der Waals surface area contributed by atoms with E-state index in [0.717, 1.165) is 0 Å². The summed E-state index contributed by atoms with van der Waals surface area (Å²) in [6.45, 7) is 0. The number of hydrogen-bond acceptors (Lipinski definition) is 6. The van der Waals surface area contributed by atoms with E-state index in [1.54, 1.807) is 42.5 Å². The second-order valence-electron chi connectivity index (χ2n) is 6.65. The maximum absolute atomic E-state index is 12.8. The Kier molecular flexibility index (Phi) is 5.38. The zero-order chi connectivity index (χ0) is 22.9. The Morgan fingerprint density at radius 2 is 1.78 bits per heavy atom. The Morgan fingerprint density at radius 1 is 1.09 bits per heavy atom. The van der Waals surface area contributed by atoms with Crippen molar-refractivity contribution in [1.29, 1.82) is 0 Å². The Labute approximate surface area is 179 Å². The first-order valence-electron chi connectivity index (χ1n) is 9.01. The number of amides is 1. The van der Waals surface area contributed by atoms with Gasteiger partial charge in [-0.2, -0.15) is 27.6 Å². The van der Waals surface area contributed by atoms with Crippen molar-refractivity contribution in [2.45, 2.75) is 11.1 Å². The fourth-order valence-corrected chi connectivity index (χ4v) is 3.92. The van der Waals surface area contributed by atoms with Crippen LogP contribution in [0.25, 0.3) is 17.1 Å². The summed E-state index contributed by atoms with van der Waals surface area (Å²) in [6, 6.07) is 14.5. The predicted molar refractivity (Wildman–Crippen MR) is 107 cm³/mol. The van der Waals surface area contributed by atoms with Gasteiger partial charge in [0.2, 0.25) is 5.82 Å². The molecule has 0 radical (unpaired) electrons. The minimum Gasteiger partial charge on any atom is -0.329 e. The Balaban J connectivity index is 1.55. The average molecular weight is 461 g/mol. The molecule has 0 spiro atoms. The number of nitrogens with zero attached hydrogens (tertiary/aromatic N) is 5. The second kappa shape index (κ2) is 8.04. The molecule has 2 aromatic heterocycles. The molecular weight excluding hydrogens is 447 g/mol. The van der Waals surface area contributed by atoms with Crippen molar-refractivity contribution in [3.63, 3.8) is 0 Å². The molecule has 0 N–H and O–H groups in total. The fourth-order valence-electron chi connectivity index (χ4n) is 2.73. The molecule has 0 saturated heterocycles. The predicted octanol–water partition coefficient (Wildman–Crippen LogP) is 4.24. The first-order chi connectivity index (χ1) is 15.1. The third-order valence-electron chi connectivity index (χ3n) is 4.33. The summed E-state index contributed by atoms with van der Waals surface area (Å²) in [5.74, 6) is -2.33. The highest BCUT2D eigenvalue weighted by atomic mass is 32.2. The number of carbonyl (C=O) groups excluding carboxylic acids is 1. The van der Waals surface area contributed by atoms with Crippen molar-refractivity contribution in [2.24, 2.45) is 4.36 Å². The molecular formula is C20H14F3N5O3S. The molecule has 0 aliphatic heterocycles. The van der Waals surface area contributed by atoms with Gasteiger partial charge >= 0.3 is 12.1 Å². The number of alkyl halides is 3. The van der Waals surface area contributed by atoms with Crippen LogP contribution in [-0.2, 0) is 15.9 Å². The van der Waals surface area contributed by atoms with Crippen LogP contribution in [0.15, 0.2) is 80.8 Å². The van der Waals surface area contributed by atoms with E-state index in [-0.39, 0.29) is 11.4 Å². The molecule has 1 atom stereocenters. The van der Waals surface area contributed by atoms with Crippen LogP contribution in [0, 0.1) is 0 Å². The Hall–Kier alpha value is -3.80. The van der Waals surface area contributed by atoms with Crippen molar-refractivity contribution in [3.8, 4) is 17.1 Å². The molecule has 0 aliphatic carbocycles. The fraction of sp³-hybridized carbons (Fsp3) is 0.100. The highest BCUT2D eigenvalue weighted by Crippen LogP contribution is 2.29. The van der Waals surface area contributed by atoms with Crippen molar-refractivity contribution in [2.75, 3.05) is 6.26 Å². The molecule has 0 bridgehead atoms. The summed E-state index contributed by atoms with van der Waals surface area (Å²) >= 11 is 0. The van der Waals surface area contributed by atoms with E-state index in [9.17, 15) is 22.2 Å². The topological polar surface area (TPSA) is 103 Å². The van der Waals surface area contributed by atoms with Gasteiger partial charge < -0.3 is 4.52 Å². The number of aromatic nitrogens is 4. The monoisotopic (exact) mass is 461 g/mol. The Bertz CT molecular complexity index is 1390. The van der Waals surface area contributed by atoms with Gasteiger partial charge in [0.05, 0.1) is 27.2 Å². The van der Waals surface area contributed by atoms with Gasteiger partial charge in [-0.15, -0.1) is 0 Å². The lowest BCUT2D eigenvalue weighted by Crippen LogP contribution is -2.04. The van der Waals surface area contributed by atoms with Crippen LogP contribution in [0.5, 0.6) is 0 Å². The third-order valence-corrected chi connectivity index (χ3v) is 5.99. The van der Waals surface area contributed by atoms with Crippen LogP contribution < -0.4 is 0 Å². The maximum atomic E-state index is 12.8. The van der Waals surface area contributed by atoms with Crippen molar-refractivity contribution in [3.05, 3.63) is 78.4 Å². The highest BCUT2D eigenvalue weighted by molar-refractivity contribution is 7.93. The molecule has 4 aromatic rings. The lowest BCUT2D eigenvalue weighted by atomic mass is 10.2. The smallest absolute Gasteiger partial charge is 0.329 e. The van der Waals surface area contributed by atoms with E-state index in [2.05, 4.69) is 24.1 Å². The van der Waals surface area contributed by atoms with E-state index in [0.29, 0.717) is 16.1 Å². The molecule has 12 heteroatoms. The summed E-state index contributed by atoms with van der Waals surface area (Å²) in [4.78, 5) is 16.3. The van der Waals surface area contributed by atoms with Crippen LogP contribution in [0.3, 0.4) is 0 Å². The summed E-state index contributed by atoms with van der Waals surface area (Å²) in [7, 11) is -2.92. The van der Waals surface area contributed by atoms with Crippen LogP contribution in [0.2, 0.25) is 0 Å². The minimum absolute atomic E-state index is 0.132. The molecule has 0 saturated carbocycles. The van der Waals surface area contributed by atoms with Gasteiger partial charge in [-0.3, -0.25) is 4.79 Å². The standard InChI is InChI=1S/C20H14F3N5O3S/c1-32(30,16-5-3-2-4-6-16)27-18(29)14-11-24-28(12-14)15-9-7-13(8-10-15)17-25-19(31-26-17)20(21,22)23/h2-12H,1H3. The summed E-state index contributed by atoms with van der Waals surface area (Å²) in [5.41, 5.74) is 0.959. The van der Waals surface area contributed by atoms with Crippen molar-refractivity contribution >= 4 is 15.6 Å². The summed E-state index contributed by atoms with van der Waals surface area (Å²) in [5, 5.41) is 7.42. The van der Waals surface area contributed by atoms with E-state index in [4.69, 9.17) is 0 Å². The minimum atomic E-state index is -4.73. The summed E-state index contributed by atoms with van der Waals surface area (Å²) < 4.78 is 60.1. The van der Waals surface area contributed by atoms with Gasteiger partial charge in [-0.25, -0.2) is 8.89 Å². The molecule has 1 amide bonds. The SMILES string of the molecule is CS(=O)(=NC(=O)c1cnn(-c2ccc(-c3noc(C(F)(F)F)n3)cc2)c1)c1ccccc1. The molecule has 32 heavy (non-hydrogen) atoms. The molecule has 164 valence electrons. The lowest BCUT2D eigenvalue weighted by molar-refractivity contribution is -0.159. The van der Waals surface area contributed by atoms with Gasteiger partial charge in [0, 0.05) is 22.9 Å². The second-order valence-corrected chi connectivity index (χ2v) is 8.91. The normalized spacial score (nSPS) is 13.5. The number of halogens is 3. The molecule has 2 aromatic carbocycles. The number of carbonyl (C=O) groups is 1. The molecule has 0 fully saturated rings. The van der Waals surface area contributed by atoms with E-state index < -0.39 is 27.7 Å². The molecule has 8 nitrogen and oxygen atoms in total. The number of rotatable bonds is 4. The quantitative estimate of drug-likeness (QED) is 0.450. The molecule has 4 rings (SSSR count). The van der Waals surface area contributed by atoms with Gasteiger partial charge in [0.15, 0.2) is 0 Å². The summed E-state index contributed by atoms with van der Waals surface area (Å²) in [6.07, 6.45) is -0.644. The van der Waals surface area contributed by atoms with Crippen LogP contribution in [0.4, 0.5) is 13.2 Å². The zero-order valence-electron chi connectivity index (χ0n) is 16.4. The van der Waals surface area contributed by atoms with Crippen LogP contribution in [-0.4, -0.2) is 36.3 Å². The Morgan fingerprint density at radius 3 is 2.41 bits per heavy atom. The van der Waals surface area contributed by atoms with Gasteiger partial charge in [0.1, 0.15) is 0 Å². The van der Waals surface area contributed by atoms with E-state index in [1.165, 1.54) is 35.5 Å². The largest absolute Gasteiger partial charge is 0.471 e. The number of benzene rings is 2. The first kappa shape index (κ1) is 21.4.